The Hall–Kier alpha value is -5.23. The molecule has 0 amide bonds. The Balaban J connectivity index is 1.30. The van der Waals surface area contributed by atoms with Crippen LogP contribution in [0.2, 0.25) is 0 Å². The largest absolute Gasteiger partial charge is 0.452 e. The Labute approximate surface area is 247 Å². The Bertz CT molecular complexity index is 2100. The number of halogens is 2. The van der Waals surface area contributed by atoms with E-state index in [2.05, 4.69) is 9.47 Å². The number of fused-ring (bicyclic) bond motifs is 1. The highest BCUT2D eigenvalue weighted by Crippen LogP contribution is 2.33. The SMILES string of the molecule is CC(C)n1cc(C(=O)Cc2ccc(Oc3cc(-c4cnsc4)cn4nccc34)c(F)c2)c(=O)n(-c2ccc(F)cc2)c1=O. The van der Waals surface area contributed by atoms with Crippen molar-refractivity contribution >= 4 is 22.8 Å². The summed E-state index contributed by atoms with van der Waals surface area (Å²) in [6.45, 7) is 3.46. The van der Waals surface area contributed by atoms with Gasteiger partial charge in [0.2, 0.25) is 0 Å². The number of ether oxygens (including phenoxy) is 1. The zero-order valence-electron chi connectivity index (χ0n) is 22.9. The van der Waals surface area contributed by atoms with Crippen LogP contribution in [0.4, 0.5) is 8.78 Å². The monoisotopic (exact) mass is 599 g/mol. The van der Waals surface area contributed by atoms with E-state index in [1.807, 2.05) is 11.6 Å². The second-order valence-electron chi connectivity index (χ2n) is 10.1. The minimum atomic E-state index is -0.843. The number of aromatic nitrogens is 5. The number of nitrogens with zero attached hydrogens (tertiary/aromatic N) is 5. The van der Waals surface area contributed by atoms with E-state index in [1.54, 1.807) is 42.9 Å². The van der Waals surface area contributed by atoms with E-state index in [1.165, 1.54) is 52.6 Å². The number of hydrogen-bond acceptors (Lipinski definition) is 7. The second kappa shape index (κ2) is 11.2. The van der Waals surface area contributed by atoms with E-state index in [0.29, 0.717) is 16.8 Å². The molecule has 0 atom stereocenters. The maximum absolute atomic E-state index is 15.3. The number of ketones is 1. The molecule has 0 spiro atoms. The number of carbonyl (C=O) groups is 1. The maximum Gasteiger partial charge on any atom is 0.335 e. The van der Waals surface area contributed by atoms with Crippen LogP contribution >= 0.6 is 11.5 Å². The zero-order chi connectivity index (χ0) is 30.2. The predicted octanol–water partition coefficient (Wildman–Crippen LogP) is 5.85. The highest BCUT2D eigenvalue weighted by molar-refractivity contribution is 7.03. The van der Waals surface area contributed by atoms with Crippen molar-refractivity contribution in [2.75, 3.05) is 0 Å². The number of benzene rings is 2. The molecule has 0 N–H and O–H groups in total. The quantitative estimate of drug-likeness (QED) is 0.204. The van der Waals surface area contributed by atoms with Gasteiger partial charge in [-0.1, -0.05) is 6.07 Å². The highest BCUT2D eigenvalue weighted by Gasteiger charge is 2.21. The first-order valence-corrected chi connectivity index (χ1v) is 14.0. The minimum absolute atomic E-state index is 0.0630. The summed E-state index contributed by atoms with van der Waals surface area (Å²) in [5.41, 5.74) is 0.953. The highest BCUT2D eigenvalue weighted by atomic mass is 32.1. The molecule has 0 fully saturated rings. The minimum Gasteiger partial charge on any atom is -0.452 e. The summed E-state index contributed by atoms with van der Waals surface area (Å²) < 4.78 is 42.6. The van der Waals surface area contributed by atoms with Gasteiger partial charge in [0.25, 0.3) is 5.56 Å². The van der Waals surface area contributed by atoms with Gasteiger partial charge in [-0.25, -0.2) is 27.0 Å². The Morgan fingerprint density at radius 3 is 2.47 bits per heavy atom. The van der Waals surface area contributed by atoms with E-state index in [-0.39, 0.29) is 29.5 Å². The van der Waals surface area contributed by atoms with E-state index in [4.69, 9.17) is 4.74 Å². The van der Waals surface area contributed by atoms with Gasteiger partial charge in [0.15, 0.2) is 23.1 Å². The van der Waals surface area contributed by atoms with Crippen LogP contribution in [-0.4, -0.2) is 28.9 Å². The van der Waals surface area contributed by atoms with Crippen LogP contribution < -0.4 is 16.0 Å². The van der Waals surface area contributed by atoms with Gasteiger partial charge < -0.3 is 4.74 Å². The van der Waals surface area contributed by atoms with Crippen molar-refractivity contribution in [3.8, 4) is 28.3 Å². The lowest BCUT2D eigenvalue weighted by atomic mass is 10.0. The Morgan fingerprint density at radius 1 is 0.977 bits per heavy atom. The lowest BCUT2D eigenvalue weighted by molar-refractivity contribution is 0.0990. The van der Waals surface area contributed by atoms with Crippen molar-refractivity contribution in [2.45, 2.75) is 26.3 Å². The third-order valence-electron chi connectivity index (χ3n) is 6.87. The van der Waals surface area contributed by atoms with Gasteiger partial charge in [0, 0.05) is 47.6 Å². The van der Waals surface area contributed by atoms with Crippen molar-refractivity contribution in [3.63, 3.8) is 0 Å². The molecule has 216 valence electrons. The summed E-state index contributed by atoms with van der Waals surface area (Å²) in [5.74, 6) is -1.54. The molecule has 0 saturated heterocycles. The zero-order valence-corrected chi connectivity index (χ0v) is 23.7. The van der Waals surface area contributed by atoms with Crippen LogP contribution in [-0.2, 0) is 6.42 Å². The third-order valence-corrected chi connectivity index (χ3v) is 7.46. The Kier molecular flexibility index (Phi) is 7.28. The summed E-state index contributed by atoms with van der Waals surface area (Å²) in [5, 5.41) is 6.15. The molecule has 0 saturated carbocycles. The van der Waals surface area contributed by atoms with Gasteiger partial charge in [-0.05, 0) is 79.5 Å². The van der Waals surface area contributed by atoms with Crippen LogP contribution in [0.25, 0.3) is 22.3 Å². The van der Waals surface area contributed by atoms with Crippen LogP contribution in [0.1, 0.15) is 35.8 Å². The summed E-state index contributed by atoms with van der Waals surface area (Å²) >= 11 is 1.30. The topological polar surface area (TPSA) is 100 Å². The summed E-state index contributed by atoms with van der Waals surface area (Å²) in [4.78, 5) is 39.8. The van der Waals surface area contributed by atoms with Gasteiger partial charge in [-0.15, -0.1) is 0 Å². The molecule has 0 aliphatic heterocycles. The molecule has 12 heteroatoms. The van der Waals surface area contributed by atoms with Crippen LogP contribution in [0.3, 0.4) is 0 Å². The molecule has 9 nitrogen and oxygen atoms in total. The van der Waals surface area contributed by atoms with Crippen molar-refractivity contribution in [2.24, 2.45) is 0 Å². The fourth-order valence-corrected chi connectivity index (χ4v) is 5.22. The lowest BCUT2D eigenvalue weighted by Crippen LogP contribution is -2.42. The normalized spacial score (nSPS) is 11.4. The van der Waals surface area contributed by atoms with Gasteiger partial charge in [-0.3, -0.25) is 14.2 Å². The molecule has 0 bridgehead atoms. The van der Waals surface area contributed by atoms with Crippen LogP contribution in [0.5, 0.6) is 11.5 Å². The molecule has 0 aliphatic carbocycles. The predicted molar refractivity (Wildman–Crippen MR) is 157 cm³/mol. The van der Waals surface area contributed by atoms with Crippen molar-refractivity contribution in [3.05, 3.63) is 128 Å². The fraction of sp³-hybridized carbons (Fsp3) is 0.129. The number of carbonyl (C=O) groups excluding carboxylic acids is 1. The summed E-state index contributed by atoms with van der Waals surface area (Å²) in [7, 11) is 0. The molecule has 4 aromatic heterocycles. The molecule has 0 aliphatic rings. The number of rotatable bonds is 8. The smallest absolute Gasteiger partial charge is 0.335 e. The standard InChI is InChI=1S/C31H23F2N5O4S/c1-18(2)36-16-24(30(40)38(31(36)41)23-6-4-22(32)5-7-23)27(39)12-19-3-8-28(25(33)11-19)42-29-13-20(21-14-35-43-17-21)15-37-26(29)9-10-34-37/h3-11,13-18H,12H2,1-2H3. The molecule has 0 unspecified atom stereocenters. The first-order valence-electron chi connectivity index (χ1n) is 13.2. The van der Waals surface area contributed by atoms with E-state index in [9.17, 15) is 18.8 Å². The van der Waals surface area contributed by atoms with Gasteiger partial charge >= 0.3 is 5.69 Å². The van der Waals surface area contributed by atoms with Gasteiger partial charge in [0.05, 0.1) is 11.9 Å². The van der Waals surface area contributed by atoms with E-state index >= 15 is 4.39 Å². The first-order chi connectivity index (χ1) is 20.7. The lowest BCUT2D eigenvalue weighted by Gasteiger charge is -2.15. The molecule has 0 radical (unpaired) electrons. The molecule has 2 aromatic carbocycles. The Morgan fingerprint density at radius 2 is 1.77 bits per heavy atom. The van der Waals surface area contributed by atoms with Crippen molar-refractivity contribution < 1.29 is 18.3 Å². The molecular formula is C31H23F2N5O4S. The molecular weight excluding hydrogens is 576 g/mol. The molecule has 43 heavy (non-hydrogen) atoms. The van der Waals surface area contributed by atoms with Crippen LogP contribution in [0, 0.1) is 11.6 Å². The number of pyridine rings is 1. The van der Waals surface area contributed by atoms with E-state index < -0.39 is 28.7 Å². The summed E-state index contributed by atoms with van der Waals surface area (Å²) in [6, 6.07) is 12.1. The van der Waals surface area contributed by atoms with E-state index in [0.717, 1.165) is 27.8 Å². The van der Waals surface area contributed by atoms with Gasteiger partial charge in [-0.2, -0.15) is 5.10 Å². The first kappa shape index (κ1) is 27.9. The maximum atomic E-state index is 15.3. The van der Waals surface area contributed by atoms with Crippen molar-refractivity contribution in [1.82, 2.24) is 23.1 Å². The van der Waals surface area contributed by atoms with Crippen molar-refractivity contribution in [1.29, 1.82) is 0 Å². The molecule has 6 aromatic rings. The third kappa shape index (κ3) is 5.40. The van der Waals surface area contributed by atoms with Crippen LogP contribution in [0.15, 0.2) is 94.4 Å². The van der Waals surface area contributed by atoms with Gasteiger partial charge in [0.1, 0.15) is 16.9 Å². The number of hydrogen-bond donors (Lipinski definition) is 0. The molecule has 6 rings (SSSR count). The second-order valence-corrected chi connectivity index (χ2v) is 10.7. The average Bonchev–Trinajstić information content (AvgIpc) is 3.68. The fourth-order valence-electron chi connectivity index (χ4n) is 4.67. The number of Topliss-reactive ketones (excluding diaryl/α,β-unsaturated/α-hetero) is 1. The summed E-state index contributed by atoms with van der Waals surface area (Å²) in [6.07, 6.45) is 6.06. The average molecular weight is 600 g/mol. The molecule has 4 heterocycles.